The van der Waals surface area contributed by atoms with E-state index in [-0.39, 0.29) is 4.87 Å². The third kappa shape index (κ3) is 1.36. The van der Waals surface area contributed by atoms with Crippen molar-refractivity contribution >= 4 is 11.8 Å². The Morgan fingerprint density at radius 3 is 2.80 bits per heavy atom. The summed E-state index contributed by atoms with van der Waals surface area (Å²) in [4.78, 5) is -0.385. The quantitative estimate of drug-likeness (QED) is 0.665. The van der Waals surface area contributed by atoms with Crippen LogP contribution in [0.3, 0.4) is 0 Å². The Morgan fingerprint density at radius 2 is 2.40 bits per heavy atom. The highest BCUT2D eigenvalue weighted by molar-refractivity contribution is 7.99. The molecule has 0 saturated heterocycles. The summed E-state index contributed by atoms with van der Waals surface area (Å²) >= 11 is 1.57. The lowest BCUT2D eigenvalue weighted by atomic mass is 10.3. The van der Waals surface area contributed by atoms with Gasteiger partial charge in [-0.25, -0.2) is 0 Å². The van der Waals surface area contributed by atoms with Crippen molar-refractivity contribution in [3.8, 4) is 0 Å². The predicted molar refractivity (Wildman–Crippen MR) is 43.8 cm³/mol. The Bertz CT molecular complexity index is 193. The molecule has 0 aliphatic rings. The first kappa shape index (κ1) is 7.69. The van der Waals surface area contributed by atoms with E-state index in [1.54, 1.807) is 18.0 Å². The van der Waals surface area contributed by atoms with Crippen molar-refractivity contribution < 1.29 is 4.42 Å². The van der Waals surface area contributed by atoms with Crippen LogP contribution in [0.25, 0.3) is 0 Å². The molecule has 0 fully saturated rings. The Hall–Kier alpha value is -0.410. The number of hydrogen-bond acceptors (Lipinski definition) is 3. The van der Waals surface area contributed by atoms with Crippen LogP contribution in [-0.2, 0) is 4.87 Å². The van der Waals surface area contributed by atoms with Gasteiger partial charge in [0.2, 0.25) is 0 Å². The van der Waals surface area contributed by atoms with E-state index < -0.39 is 0 Å². The van der Waals surface area contributed by atoms with Gasteiger partial charge >= 0.3 is 0 Å². The highest BCUT2D eigenvalue weighted by atomic mass is 32.2. The number of nitrogens with two attached hydrogens (primary N) is 1. The molecule has 2 nitrogen and oxygen atoms in total. The molecule has 56 valence electrons. The van der Waals surface area contributed by atoms with Crippen LogP contribution < -0.4 is 5.73 Å². The molecule has 0 spiro atoms. The molecule has 10 heavy (non-hydrogen) atoms. The third-order valence-corrected chi connectivity index (χ3v) is 2.48. The van der Waals surface area contributed by atoms with Gasteiger partial charge in [-0.2, -0.15) is 0 Å². The maximum Gasteiger partial charge on any atom is 0.133 e. The van der Waals surface area contributed by atoms with E-state index in [9.17, 15) is 0 Å². The smallest absolute Gasteiger partial charge is 0.133 e. The molecule has 1 heterocycles. The minimum Gasteiger partial charge on any atom is -0.466 e. The maximum atomic E-state index is 5.85. The van der Waals surface area contributed by atoms with Gasteiger partial charge in [0.15, 0.2) is 0 Å². The van der Waals surface area contributed by atoms with E-state index in [0.29, 0.717) is 0 Å². The van der Waals surface area contributed by atoms with Gasteiger partial charge in [0.25, 0.3) is 0 Å². The fraction of sp³-hybridized carbons (Fsp3) is 0.429. The van der Waals surface area contributed by atoms with Crippen LogP contribution in [0.2, 0.25) is 0 Å². The first-order valence-electron chi connectivity index (χ1n) is 3.05. The van der Waals surface area contributed by atoms with Gasteiger partial charge in [-0.1, -0.05) is 0 Å². The minimum absolute atomic E-state index is 0.385. The molecular weight excluding hydrogens is 146 g/mol. The molecule has 3 heteroatoms. The van der Waals surface area contributed by atoms with E-state index in [1.807, 2.05) is 25.3 Å². The van der Waals surface area contributed by atoms with Crippen molar-refractivity contribution in [3.05, 3.63) is 24.2 Å². The van der Waals surface area contributed by atoms with E-state index >= 15 is 0 Å². The zero-order valence-electron chi connectivity index (χ0n) is 6.13. The summed E-state index contributed by atoms with van der Waals surface area (Å²) in [5.41, 5.74) is 5.85. The summed E-state index contributed by atoms with van der Waals surface area (Å²) in [5.74, 6) is 0.819. The molecule has 1 aromatic heterocycles. The molecule has 0 aliphatic carbocycles. The molecule has 0 aliphatic heterocycles. The summed E-state index contributed by atoms with van der Waals surface area (Å²) in [6.45, 7) is 1.93. The largest absolute Gasteiger partial charge is 0.466 e. The molecule has 1 aromatic rings. The van der Waals surface area contributed by atoms with Gasteiger partial charge in [-0.15, -0.1) is 11.8 Å². The molecule has 1 atom stereocenters. The first-order valence-corrected chi connectivity index (χ1v) is 4.27. The van der Waals surface area contributed by atoms with E-state index in [1.165, 1.54) is 0 Å². The number of hydrogen-bond donors (Lipinski definition) is 1. The van der Waals surface area contributed by atoms with Gasteiger partial charge in [0, 0.05) is 0 Å². The zero-order chi connectivity index (χ0) is 7.61. The zero-order valence-corrected chi connectivity index (χ0v) is 6.94. The number of thioether (sulfide) groups is 1. The molecule has 0 amide bonds. The standard InChI is InChI=1S/C7H11NOS/c1-7(8,10-2)6-4-3-5-9-6/h3-5H,8H2,1-2H3. The summed E-state index contributed by atoms with van der Waals surface area (Å²) in [7, 11) is 0. The van der Waals surface area contributed by atoms with Crippen molar-refractivity contribution in [2.75, 3.05) is 6.26 Å². The van der Waals surface area contributed by atoms with E-state index in [0.717, 1.165) is 5.76 Å². The SMILES string of the molecule is CSC(C)(N)c1ccco1. The number of furan rings is 1. The maximum absolute atomic E-state index is 5.85. The Morgan fingerprint density at radius 1 is 1.70 bits per heavy atom. The molecule has 0 bridgehead atoms. The lowest BCUT2D eigenvalue weighted by molar-refractivity contribution is 0.460. The first-order chi connectivity index (χ1) is 4.67. The van der Waals surface area contributed by atoms with Crippen LogP contribution in [0.15, 0.2) is 22.8 Å². The van der Waals surface area contributed by atoms with Gasteiger partial charge in [0.05, 0.1) is 6.26 Å². The monoisotopic (exact) mass is 157 g/mol. The van der Waals surface area contributed by atoms with Crippen molar-refractivity contribution in [1.29, 1.82) is 0 Å². The van der Waals surface area contributed by atoms with Crippen molar-refractivity contribution in [2.24, 2.45) is 5.73 Å². The highest BCUT2D eigenvalue weighted by Gasteiger charge is 2.21. The van der Waals surface area contributed by atoms with Crippen molar-refractivity contribution in [3.63, 3.8) is 0 Å². The Labute approximate surface area is 64.8 Å². The second kappa shape index (κ2) is 2.68. The summed E-state index contributed by atoms with van der Waals surface area (Å²) in [6, 6.07) is 3.73. The summed E-state index contributed by atoms with van der Waals surface area (Å²) in [5, 5.41) is 0. The molecular formula is C7H11NOS. The molecule has 0 aromatic carbocycles. The predicted octanol–water partition coefficient (Wildman–Crippen LogP) is 1.77. The fourth-order valence-electron chi connectivity index (χ4n) is 0.662. The van der Waals surface area contributed by atoms with Crippen LogP contribution >= 0.6 is 11.8 Å². The van der Waals surface area contributed by atoms with Crippen LogP contribution in [0, 0.1) is 0 Å². The summed E-state index contributed by atoms with van der Waals surface area (Å²) in [6.07, 6.45) is 3.60. The van der Waals surface area contributed by atoms with Crippen LogP contribution in [-0.4, -0.2) is 6.26 Å². The minimum atomic E-state index is -0.385. The van der Waals surface area contributed by atoms with Crippen molar-refractivity contribution in [2.45, 2.75) is 11.8 Å². The normalized spacial score (nSPS) is 16.7. The van der Waals surface area contributed by atoms with E-state index in [2.05, 4.69) is 0 Å². The second-order valence-corrected chi connectivity index (χ2v) is 3.54. The van der Waals surface area contributed by atoms with Crippen LogP contribution in [0.1, 0.15) is 12.7 Å². The highest BCUT2D eigenvalue weighted by Crippen LogP contribution is 2.27. The molecule has 0 saturated carbocycles. The van der Waals surface area contributed by atoms with Crippen LogP contribution in [0.5, 0.6) is 0 Å². The molecule has 1 rings (SSSR count). The van der Waals surface area contributed by atoms with Gasteiger partial charge in [0.1, 0.15) is 10.6 Å². The molecule has 2 N–H and O–H groups in total. The topological polar surface area (TPSA) is 39.2 Å². The van der Waals surface area contributed by atoms with Crippen molar-refractivity contribution in [1.82, 2.24) is 0 Å². The molecule has 0 radical (unpaired) electrons. The summed E-state index contributed by atoms with van der Waals surface area (Å²) < 4.78 is 5.14. The van der Waals surface area contributed by atoms with Gasteiger partial charge in [-0.3, -0.25) is 0 Å². The third-order valence-electron chi connectivity index (χ3n) is 1.43. The molecule has 1 unspecified atom stereocenters. The van der Waals surface area contributed by atoms with Gasteiger partial charge in [-0.05, 0) is 25.3 Å². The average Bonchev–Trinajstić information content (AvgIpc) is 2.38. The Balaban J connectivity index is 2.85. The Kier molecular flexibility index (Phi) is 2.06. The second-order valence-electron chi connectivity index (χ2n) is 2.29. The average molecular weight is 157 g/mol. The fourth-order valence-corrected chi connectivity index (χ4v) is 0.979. The lowest BCUT2D eigenvalue weighted by Gasteiger charge is -2.18. The number of rotatable bonds is 2. The van der Waals surface area contributed by atoms with E-state index in [4.69, 9.17) is 10.2 Å². The van der Waals surface area contributed by atoms with Gasteiger partial charge < -0.3 is 10.2 Å². The lowest BCUT2D eigenvalue weighted by Crippen LogP contribution is -2.27. The van der Waals surface area contributed by atoms with Crippen LogP contribution in [0.4, 0.5) is 0 Å².